The molecule has 4 aromatic carbocycles. The van der Waals surface area contributed by atoms with Gasteiger partial charge in [0.15, 0.2) is 0 Å². The lowest BCUT2D eigenvalue weighted by Gasteiger charge is -2.14. The molecule has 0 saturated carbocycles. The van der Waals surface area contributed by atoms with Crippen LogP contribution < -0.4 is 20.1 Å². The van der Waals surface area contributed by atoms with Crippen molar-refractivity contribution in [2.75, 3.05) is 23.8 Å². The van der Waals surface area contributed by atoms with E-state index in [1.165, 1.54) is 0 Å². The molecule has 0 aliphatic rings. The van der Waals surface area contributed by atoms with Crippen LogP contribution in [0, 0.1) is 6.92 Å². The van der Waals surface area contributed by atoms with Gasteiger partial charge in [-0.1, -0.05) is 48.5 Å². The van der Waals surface area contributed by atoms with E-state index in [2.05, 4.69) is 10.6 Å². The quantitative estimate of drug-likeness (QED) is 0.299. The third-order valence-corrected chi connectivity index (χ3v) is 5.25. The van der Waals surface area contributed by atoms with Crippen LogP contribution in [0.3, 0.4) is 0 Å². The van der Waals surface area contributed by atoms with Gasteiger partial charge in [-0.25, -0.2) is 0 Å². The Bertz CT molecular complexity index is 1290. The summed E-state index contributed by atoms with van der Waals surface area (Å²) in [4.78, 5) is 25.4. The Morgan fingerprint density at radius 3 is 2.09 bits per heavy atom. The summed E-state index contributed by atoms with van der Waals surface area (Å²) in [6.07, 6.45) is 0. The van der Waals surface area contributed by atoms with Gasteiger partial charge in [0.2, 0.25) is 0 Å². The maximum atomic E-state index is 13.0. The van der Waals surface area contributed by atoms with Crippen LogP contribution >= 0.6 is 0 Å². The molecule has 0 bridgehead atoms. The number of hydrogen-bond donors (Lipinski definition) is 2. The number of hydrogen-bond acceptors (Lipinski definition) is 4. The van der Waals surface area contributed by atoms with Gasteiger partial charge < -0.3 is 20.1 Å². The molecular weight excluding hydrogens is 440 g/mol. The Kier molecular flexibility index (Phi) is 7.76. The van der Waals surface area contributed by atoms with Crippen molar-refractivity contribution in [2.45, 2.75) is 6.92 Å². The predicted octanol–water partition coefficient (Wildman–Crippen LogP) is 5.96. The summed E-state index contributed by atoms with van der Waals surface area (Å²) in [5, 5.41) is 5.81. The van der Waals surface area contributed by atoms with E-state index in [1.54, 1.807) is 42.5 Å². The highest BCUT2D eigenvalue weighted by molar-refractivity contribution is 6.07. The lowest BCUT2D eigenvalue weighted by molar-refractivity contribution is 0.101. The van der Waals surface area contributed by atoms with E-state index in [0.717, 1.165) is 11.3 Å². The average molecular weight is 467 g/mol. The van der Waals surface area contributed by atoms with Gasteiger partial charge in [-0.3, -0.25) is 9.59 Å². The smallest absolute Gasteiger partial charge is 0.259 e. The zero-order valence-corrected chi connectivity index (χ0v) is 19.4. The number of amides is 2. The zero-order valence-electron chi connectivity index (χ0n) is 19.4. The second kappa shape index (κ2) is 11.5. The van der Waals surface area contributed by atoms with E-state index in [-0.39, 0.29) is 11.8 Å². The van der Waals surface area contributed by atoms with Crippen LogP contribution in [0.25, 0.3) is 0 Å². The second-order valence-corrected chi connectivity index (χ2v) is 7.81. The normalized spacial score (nSPS) is 10.3. The van der Waals surface area contributed by atoms with Gasteiger partial charge >= 0.3 is 0 Å². The van der Waals surface area contributed by atoms with E-state index in [0.29, 0.717) is 41.5 Å². The minimum absolute atomic E-state index is 0.187. The zero-order chi connectivity index (χ0) is 24.5. The van der Waals surface area contributed by atoms with Crippen LogP contribution in [-0.4, -0.2) is 25.0 Å². The Morgan fingerprint density at radius 2 is 1.34 bits per heavy atom. The van der Waals surface area contributed by atoms with Crippen LogP contribution in [0.2, 0.25) is 0 Å². The summed E-state index contributed by atoms with van der Waals surface area (Å²) in [5.74, 6) is 0.767. The van der Waals surface area contributed by atoms with Crippen molar-refractivity contribution in [1.82, 2.24) is 0 Å². The number of ether oxygens (including phenoxy) is 2. The highest BCUT2D eigenvalue weighted by Crippen LogP contribution is 2.23. The maximum Gasteiger partial charge on any atom is 0.259 e. The van der Waals surface area contributed by atoms with Crippen LogP contribution in [-0.2, 0) is 0 Å². The Hall–Kier alpha value is -4.58. The molecule has 176 valence electrons. The highest BCUT2D eigenvalue weighted by Gasteiger charge is 2.14. The standard InChI is InChI=1S/C29H26N2O4/c1-21-20-23(16-17-26(21)31-28(32)22-10-4-2-5-11-22)30-29(33)25-14-8-9-15-27(25)35-19-18-34-24-12-6-3-7-13-24/h2-17,20H,18-19H2,1H3,(H,30,33)(H,31,32). The number of aryl methyl sites for hydroxylation is 1. The summed E-state index contributed by atoms with van der Waals surface area (Å²) < 4.78 is 11.5. The number of carbonyl (C=O) groups is 2. The monoisotopic (exact) mass is 466 g/mol. The molecule has 0 heterocycles. The Morgan fingerprint density at radius 1 is 0.686 bits per heavy atom. The first-order valence-corrected chi connectivity index (χ1v) is 11.3. The molecule has 2 N–H and O–H groups in total. The minimum atomic E-state index is -0.287. The molecule has 0 saturated heterocycles. The topological polar surface area (TPSA) is 76.7 Å². The molecule has 35 heavy (non-hydrogen) atoms. The Balaban J connectivity index is 1.36. The summed E-state index contributed by atoms with van der Waals surface area (Å²) in [6.45, 7) is 2.53. The molecular formula is C29H26N2O4. The number of anilines is 2. The average Bonchev–Trinajstić information content (AvgIpc) is 2.89. The lowest BCUT2D eigenvalue weighted by atomic mass is 10.1. The number of para-hydroxylation sites is 2. The molecule has 0 unspecified atom stereocenters. The van der Waals surface area contributed by atoms with E-state index in [9.17, 15) is 9.59 Å². The van der Waals surface area contributed by atoms with Crippen molar-refractivity contribution < 1.29 is 19.1 Å². The molecule has 6 heteroatoms. The van der Waals surface area contributed by atoms with Crippen molar-refractivity contribution in [3.05, 3.63) is 120 Å². The van der Waals surface area contributed by atoms with Crippen LogP contribution in [0.15, 0.2) is 103 Å². The molecule has 4 aromatic rings. The maximum absolute atomic E-state index is 13.0. The SMILES string of the molecule is Cc1cc(NC(=O)c2ccccc2OCCOc2ccccc2)ccc1NC(=O)c1ccccc1. The van der Waals surface area contributed by atoms with Crippen LogP contribution in [0.5, 0.6) is 11.5 Å². The molecule has 0 aromatic heterocycles. The van der Waals surface area contributed by atoms with E-state index < -0.39 is 0 Å². The molecule has 0 fully saturated rings. The summed E-state index contributed by atoms with van der Waals surface area (Å²) in [7, 11) is 0. The van der Waals surface area contributed by atoms with Gasteiger partial charge in [0.05, 0.1) is 5.56 Å². The summed E-state index contributed by atoms with van der Waals surface area (Å²) in [5.41, 5.74) is 3.13. The molecule has 4 rings (SSSR count). The van der Waals surface area contributed by atoms with Gasteiger partial charge in [-0.15, -0.1) is 0 Å². The van der Waals surface area contributed by atoms with Gasteiger partial charge in [-0.2, -0.15) is 0 Å². The van der Waals surface area contributed by atoms with Gasteiger partial charge in [0, 0.05) is 16.9 Å². The van der Waals surface area contributed by atoms with Crippen molar-refractivity contribution in [3.8, 4) is 11.5 Å². The fourth-order valence-corrected chi connectivity index (χ4v) is 3.47. The first kappa shape index (κ1) is 23.6. The molecule has 0 aliphatic heterocycles. The van der Waals surface area contributed by atoms with Crippen molar-refractivity contribution in [2.24, 2.45) is 0 Å². The van der Waals surface area contributed by atoms with E-state index in [4.69, 9.17) is 9.47 Å². The van der Waals surface area contributed by atoms with Crippen LogP contribution in [0.1, 0.15) is 26.3 Å². The third kappa shape index (κ3) is 6.48. The van der Waals surface area contributed by atoms with Crippen LogP contribution in [0.4, 0.5) is 11.4 Å². The molecule has 6 nitrogen and oxygen atoms in total. The first-order chi connectivity index (χ1) is 17.1. The van der Waals surface area contributed by atoms with Crippen molar-refractivity contribution >= 4 is 23.2 Å². The van der Waals surface area contributed by atoms with E-state index in [1.807, 2.05) is 67.6 Å². The predicted molar refractivity (Wildman–Crippen MR) is 137 cm³/mol. The fourth-order valence-electron chi connectivity index (χ4n) is 3.47. The fraction of sp³-hybridized carbons (Fsp3) is 0.103. The van der Waals surface area contributed by atoms with Gasteiger partial charge in [-0.05, 0) is 67.1 Å². The van der Waals surface area contributed by atoms with Gasteiger partial charge in [0.25, 0.3) is 11.8 Å². The molecule has 0 atom stereocenters. The summed E-state index contributed by atoms with van der Waals surface area (Å²) in [6, 6.07) is 30.9. The highest BCUT2D eigenvalue weighted by atomic mass is 16.5. The summed E-state index contributed by atoms with van der Waals surface area (Å²) >= 11 is 0. The Labute approximate surface area is 204 Å². The number of rotatable bonds is 9. The van der Waals surface area contributed by atoms with Crippen molar-refractivity contribution in [3.63, 3.8) is 0 Å². The van der Waals surface area contributed by atoms with Gasteiger partial charge in [0.1, 0.15) is 24.7 Å². The number of benzene rings is 4. The second-order valence-electron chi connectivity index (χ2n) is 7.81. The molecule has 0 spiro atoms. The minimum Gasteiger partial charge on any atom is -0.490 e. The lowest BCUT2D eigenvalue weighted by Crippen LogP contribution is -2.16. The van der Waals surface area contributed by atoms with Crippen molar-refractivity contribution in [1.29, 1.82) is 0 Å². The largest absolute Gasteiger partial charge is 0.490 e. The number of carbonyl (C=O) groups excluding carboxylic acids is 2. The number of nitrogens with one attached hydrogen (secondary N) is 2. The molecule has 2 amide bonds. The first-order valence-electron chi connectivity index (χ1n) is 11.3. The molecule has 0 radical (unpaired) electrons. The van der Waals surface area contributed by atoms with E-state index >= 15 is 0 Å². The molecule has 0 aliphatic carbocycles. The third-order valence-electron chi connectivity index (χ3n) is 5.25.